The lowest BCUT2D eigenvalue weighted by Gasteiger charge is -2.14. The number of ether oxygens (including phenoxy) is 2. The topological polar surface area (TPSA) is 74.2 Å². The third-order valence-electron chi connectivity index (χ3n) is 1.35. The van der Waals surface area contributed by atoms with Crippen molar-refractivity contribution in [2.24, 2.45) is 5.16 Å². The number of carbonyl (C=O) groups is 2. The van der Waals surface area contributed by atoms with E-state index in [2.05, 4.69) is 9.89 Å². The molecule has 1 aliphatic heterocycles. The minimum absolute atomic E-state index is 0.143. The van der Waals surface area contributed by atoms with Crippen molar-refractivity contribution >= 4 is 17.7 Å². The first-order chi connectivity index (χ1) is 6.41. The third kappa shape index (κ3) is 2.72. The Hall–Kier alpha value is -1.59. The van der Waals surface area contributed by atoms with E-state index in [1.54, 1.807) is 13.8 Å². The molecule has 1 heterocycles. The Balaban J connectivity index is 2.34. The van der Waals surface area contributed by atoms with Crippen LogP contribution in [-0.2, 0) is 23.9 Å². The predicted octanol–water partition coefficient (Wildman–Crippen LogP) is 0.215. The summed E-state index contributed by atoms with van der Waals surface area (Å²) in [6.45, 7) is 4.26. The summed E-state index contributed by atoms with van der Waals surface area (Å²) in [7, 11) is 0. The van der Waals surface area contributed by atoms with Gasteiger partial charge in [-0.15, -0.1) is 0 Å². The summed E-state index contributed by atoms with van der Waals surface area (Å²) in [5.74, 6) is -2.27. The standard InChI is InChI=1S/C8H11NO5/c1-5(10)7(11)12-4-6-9-14-8(2,3)13-6/h4H2,1-3H3. The lowest BCUT2D eigenvalue weighted by Crippen LogP contribution is -2.26. The molecule has 0 aromatic heterocycles. The number of oxime groups is 1. The maximum Gasteiger partial charge on any atom is 0.374 e. The number of esters is 1. The Labute approximate surface area is 80.8 Å². The highest BCUT2D eigenvalue weighted by molar-refractivity contribution is 6.32. The molecule has 6 heteroatoms. The van der Waals surface area contributed by atoms with Gasteiger partial charge in [-0.3, -0.25) is 4.79 Å². The Morgan fingerprint density at radius 2 is 2.14 bits per heavy atom. The van der Waals surface area contributed by atoms with Gasteiger partial charge in [-0.1, -0.05) is 0 Å². The van der Waals surface area contributed by atoms with E-state index in [4.69, 9.17) is 9.57 Å². The van der Waals surface area contributed by atoms with E-state index in [1.807, 2.05) is 0 Å². The van der Waals surface area contributed by atoms with Crippen molar-refractivity contribution in [2.75, 3.05) is 6.61 Å². The molecule has 1 rings (SSSR count). The summed E-state index contributed by atoms with van der Waals surface area (Å²) >= 11 is 0. The predicted molar refractivity (Wildman–Crippen MR) is 45.3 cm³/mol. The van der Waals surface area contributed by atoms with Crippen molar-refractivity contribution in [1.29, 1.82) is 0 Å². The molecule has 0 amide bonds. The second kappa shape index (κ2) is 3.65. The molecule has 0 aliphatic carbocycles. The van der Waals surface area contributed by atoms with Gasteiger partial charge in [0.15, 0.2) is 6.61 Å². The molecule has 1 aliphatic rings. The number of rotatable bonds is 3. The SMILES string of the molecule is CC(=O)C(=O)OCC1=NOC(C)(C)O1. The Morgan fingerprint density at radius 1 is 1.50 bits per heavy atom. The molecule has 0 bridgehead atoms. The van der Waals surface area contributed by atoms with Crippen LogP contribution in [0.2, 0.25) is 0 Å². The van der Waals surface area contributed by atoms with E-state index < -0.39 is 17.5 Å². The average molecular weight is 201 g/mol. The summed E-state index contributed by atoms with van der Waals surface area (Å²) in [6.07, 6.45) is 0. The van der Waals surface area contributed by atoms with E-state index in [-0.39, 0.29) is 12.5 Å². The summed E-state index contributed by atoms with van der Waals surface area (Å²) in [5.41, 5.74) is 0. The van der Waals surface area contributed by atoms with E-state index >= 15 is 0 Å². The first-order valence-electron chi connectivity index (χ1n) is 4.02. The van der Waals surface area contributed by atoms with Crippen LogP contribution in [0.25, 0.3) is 0 Å². The third-order valence-corrected chi connectivity index (χ3v) is 1.35. The average Bonchev–Trinajstić information content (AvgIpc) is 2.41. The maximum absolute atomic E-state index is 10.7. The zero-order valence-corrected chi connectivity index (χ0v) is 8.20. The molecule has 78 valence electrons. The summed E-state index contributed by atoms with van der Waals surface area (Å²) in [4.78, 5) is 26.1. The Kier molecular flexibility index (Phi) is 2.73. The van der Waals surface area contributed by atoms with E-state index in [0.717, 1.165) is 6.92 Å². The summed E-state index contributed by atoms with van der Waals surface area (Å²) in [6, 6.07) is 0. The fourth-order valence-corrected chi connectivity index (χ4v) is 0.767. The van der Waals surface area contributed by atoms with Crippen molar-refractivity contribution in [3.8, 4) is 0 Å². The minimum atomic E-state index is -0.916. The van der Waals surface area contributed by atoms with Gasteiger partial charge >= 0.3 is 5.97 Å². The first kappa shape index (κ1) is 10.5. The van der Waals surface area contributed by atoms with Crippen molar-refractivity contribution < 1.29 is 23.9 Å². The van der Waals surface area contributed by atoms with Gasteiger partial charge in [-0.2, -0.15) is 0 Å². The van der Waals surface area contributed by atoms with Crippen molar-refractivity contribution in [1.82, 2.24) is 0 Å². The Bertz CT molecular complexity index is 294. The fraction of sp³-hybridized carbons (Fsp3) is 0.625. The second-order valence-electron chi connectivity index (χ2n) is 3.21. The second-order valence-corrected chi connectivity index (χ2v) is 3.21. The normalized spacial score (nSPS) is 17.8. The van der Waals surface area contributed by atoms with Crippen LogP contribution in [0.15, 0.2) is 5.16 Å². The number of carbonyl (C=O) groups excluding carboxylic acids is 2. The van der Waals surface area contributed by atoms with Crippen molar-refractivity contribution in [3.63, 3.8) is 0 Å². The van der Waals surface area contributed by atoms with Crippen molar-refractivity contribution in [2.45, 2.75) is 26.6 Å². The number of Topliss-reactive ketones (excluding diaryl/α,β-unsaturated/α-hetero) is 1. The van der Waals surface area contributed by atoms with Crippen LogP contribution in [-0.4, -0.2) is 30.0 Å². The fourth-order valence-electron chi connectivity index (χ4n) is 0.767. The van der Waals surface area contributed by atoms with Crippen molar-refractivity contribution in [3.05, 3.63) is 0 Å². The van der Waals surface area contributed by atoms with Gasteiger partial charge in [0.2, 0.25) is 5.78 Å². The van der Waals surface area contributed by atoms with Crippen LogP contribution in [0.1, 0.15) is 20.8 Å². The summed E-state index contributed by atoms with van der Waals surface area (Å²) < 4.78 is 9.67. The molecule has 14 heavy (non-hydrogen) atoms. The molecule has 0 spiro atoms. The lowest BCUT2D eigenvalue weighted by atomic mass is 10.4. The van der Waals surface area contributed by atoms with E-state index in [0.29, 0.717) is 0 Å². The highest BCUT2D eigenvalue weighted by Gasteiger charge is 2.30. The van der Waals surface area contributed by atoms with Crippen LogP contribution < -0.4 is 0 Å². The van der Waals surface area contributed by atoms with E-state index in [1.165, 1.54) is 0 Å². The van der Waals surface area contributed by atoms with Gasteiger partial charge in [0.25, 0.3) is 11.7 Å². The molecule has 0 unspecified atom stereocenters. The van der Waals surface area contributed by atoms with Crippen LogP contribution in [0, 0.1) is 0 Å². The van der Waals surface area contributed by atoms with E-state index in [9.17, 15) is 9.59 Å². The largest absolute Gasteiger partial charge is 0.450 e. The van der Waals surface area contributed by atoms with Gasteiger partial charge in [0.05, 0.1) is 0 Å². The van der Waals surface area contributed by atoms with Crippen LogP contribution >= 0.6 is 0 Å². The minimum Gasteiger partial charge on any atom is -0.450 e. The quantitative estimate of drug-likeness (QED) is 0.482. The van der Waals surface area contributed by atoms with Gasteiger partial charge in [-0.05, 0) is 5.16 Å². The zero-order valence-electron chi connectivity index (χ0n) is 8.20. The number of hydrogen-bond acceptors (Lipinski definition) is 6. The highest BCUT2D eigenvalue weighted by Crippen LogP contribution is 2.18. The molecule has 0 aromatic rings. The van der Waals surface area contributed by atoms with Crippen LogP contribution in [0.4, 0.5) is 0 Å². The van der Waals surface area contributed by atoms with Gasteiger partial charge in [-0.25, -0.2) is 4.79 Å². The molecule has 0 fully saturated rings. The highest BCUT2D eigenvalue weighted by atomic mass is 16.8. The molecule has 0 atom stereocenters. The molecular weight excluding hydrogens is 190 g/mol. The molecule has 0 radical (unpaired) electrons. The zero-order chi connectivity index (χ0) is 10.8. The molecular formula is C8H11NO5. The molecule has 0 saturated carbocycles. The van der Waals surface area contributed by atoms with Crippen LogP contribution in [0.5, 0.6) is 0 Å². The molecule has 6 nitrogen and oxygen atoms in total. The van der Waals surface area contributed by atoms with Gasteiger partial charge in [0.1, 0.15) is 0 Å². The smallest absolute Gasteiger partial charge is 0.374 e. The molecule has 0 aromatic carbocycles. The maximum atomic E-state index is 10.7. The monoisotopic (exact) mass is 201 g/mol. The lowest BCUT2D eigenvalue weighted by molar-refractivity contribution is -0.152. The molecule has 0 saturated heterocycles. The number of nitrogens with zero attached hydrogens (tertiary/aromatic N) is 1. The number of ketones is 1. The van der Waals surface area contributed by atoms with Crippen LogP contribution in [0.3, 0.4) is 0 Å². The molecule has 0 N–H and O–H groups in total. The van der Waals surface area contributed by atoms with Gasteiger partial charge < -0.3 is 14.3 Å². The number of hydrogen-bond donors (Lipinski definition) is 0. The summed E-state index contributed by atoms with van der Waals surface area (Å²) in [5, 5.41) is 3.53. The van der Waals surface area contributed by atoms with Gasteiger partial charge in [0, 0.05) is 20.8 Å². The first-order valence-corrected chi connectivity index (χ1v) is 4.02. The Morgan fingerprint density at radius 3 is 2.57 bits per heavy atom.